The van der Waals surface area contributed by atoms with Gasteiger partial charge in [-0.15, -0.1) is 0 Å². The Bertz CT molecular complexity index is 381. The van der Waals surface area contributed by atoms with E-state index in [2.05, 4.69) is 20.8 Å². The van der Waals surface area contributed by atoms with Crippen LogP contribution in [0.1, 0.15) is 11.1 Å². The SMILES string of the molecule is Cc1c(Br)cc2c(c1CCON)OCO2. The van der Waals surface area contributed by atoms with Crippen LogP contribution in [0, 0.1) is 6.92 Å². The van der Waals surface area contributed by atoms with Crippen molar-refractivity contribution in [3.8, 4) is 11.5 Å². The third-order valence-electron chi connectivity index (χ3n) is 2.45. The molecule has 0 aromatic heterocycles. The van der Waals surface area contributed by atoms with E-state index in [1.807, 2.05) is 13.0 Å². The average molecular weight is 274 g/mol. The van der Waals surface area contributed by atoms with Gasteiger partial charge in [0.25, 0.3) is 0 Å². The maximum absolute atomic E-state index is 5.42. The molecule has 1 aliphatic heterocycles. The number of hydrogen-bond donors (Lipinski definition) is 1. The third-order valence-corrected chi connectivity index (χ3v) is 3.28. The standard InChI is InChI=1S/C10H12BrNO3/c1-6-7(2-3-15-12)10-9(4-8(6)11)13-5-14-10/h4H,2-3,5,12H2,1H3. The molecule has 0 radical (unpaired) electrons. The first-order valence-corrected chi connectivity index (χ1v) is 5.42. The lowest BCUT2D eigenvalue weighted by Crippen LogP contribution is -2.06. The molecule has 0 saturated heterocycles. The molecule has 0 unspecified atom stereocenters. The predicted molar refractivity (Wildman–Crippen MR) is 58.8 cm³/mol. The van der Waals surface area contributed by atoms with Crippen molar-refractivity contribution in [3.63, 3.8) is 0 Å². The summed E-state index contributed by atoms with van der Waals surface area (Å²) in [6.45, 7) is 2.77. The highest BCUT2D eigenvalue weighted by atomic mass is 79.9. The van der Waals surface area contributed by atoms with Crippen molar-refractivity contribution in [2.75, 3.05) is 13.4 Å². The van der Waals surface area contributed by atoms with Gasteiger partial charge in [-0.25, -0.2) is 5.90 Å². The van der Waals surface area contributed by atoms with Crippen molar-refractivity contribution >= 4 is 15.9 Å². The molecule has 1 aliphatic rings. The van der Waals surface area contributed by atoms with Gasteiger partial charge in [0.1, 0.15) is 0 Å². The Morgan fingerprint density at radius 3 is 3.07 bits per heavy atom. The summed E-state index contributed by atoms with van der Waals surface area (Å²) >= 11 is 3.48. The summed E-state index contributed by atoms with van der Waals surface area (Å²) in [6.07, 6.45) is 0.716. The smallest absolute Gasteiger partial charge is 0.231 e. The van der Waals surface area contributed by atoms with E-state index in [-0.39, 0.29) is 6.79 Å². The Morgan fingerprint density at radius 1 is 1.53 bits per heavy atom. The second kappa shape index (κ2) is 4.38. The second-order valence-electron chi connectivity index (χ2n) is 3.32. The van der Waals surface area contributed by atoms with Crippen LogP contribution in [0.5, 0.6) is 11.5 Å². The van der Waals surface area contributed by atoms with Crippen LogP contribution in [0.2, 0.25) is 0 Å². The molecule has 2 rings (SSSR count). The van der Waals surface area contributed by atoms with E-state index in [1.54, 1.807) is 0 Å². The third kappa shape index (κ3) is 1.95. The zero-order chi connectivity index (χ0) is 10.8. The molecule has 0 aliphatic carbocycles. The summed E-state index contributed by atoms with van der Waals surface area (Å²) in [5.74, 6) is 6.62. The first-order valence-electron chi connectivity index (χ1n) is 4.63. The molecule has 1 aromatic rings. The van der Waals surface area contributed by atoms with E-state index in [0.29, 0.717) is 13.0 Å². The monoisotopic (exact) mass is 273 g/mol. The van der Waals surface area contributed by atoms with Crippen LogP contribution in [0.25, 0.3) is 0 Å². The predicted octanol–water partition coefficient (Wildman–Crippen LogP) is 1.92. The van der Waals surface area contributed by atoms with Crippen LogP contribution in [-0.2, 0) is 11.3 Å². The first-order chi connectivity index (χ1) is 7.24. The number of hydrogen-bond acceptors (Lipinski definition) is 4. The minimum Gasteiger partial charge on any atom is -0.454 e. The van der Waals surface area contributed by atoms with Gasteiger partial charge in [0.05, 0.1) is 6.61 Å². The van der Waals surface area contributed by atoms with Gasteiger partial charge in [-0.1, -0.05) is 15.9 Å². The molecule has 0 fully saturated rings. The molecule has 15 heavy (non-hydrogen) atoms. The maximum Gasteiger partial charge on any atom is 0.231 e. The number of rotatable bonds is 3. The van der Waals surface area contributed by atoms with Crippen molar-refractivity contribution < 1.29 is 14.3 Å². The maximum atomic E-state index is 5.42. The number of fused-ring (bicyclic) bond motifs is 1. The van der Waals surface area contributed by atoms with Gasteiger partial charge in [-0.05, 0) is 18.6 Å². The van der Waals surface area contributed by atoms with Gasteiger partial charge in [0.15, 0.2) is 11.5 Å². The fourth-order valence-electron chi connectivity index (χ4n) is 1.63. The van der Waals surface area contributed by atoms with Gasteiger partial charge in [-0.2, -0.15) is 0 Å². The summed E-state index contributed by atoms with van der Waals surface area (Å²) in [6, 6.07) is 1.92. The molecule has 1 aromatic carbocycles. The van der Waals surface area contributed by atoms with Crippen LogP contribution >= 0.6 is 15.9 Å². The molecular formula is C10H12BrNO3. The van der Waals surface area contributed by atoms with E-state index in [1.165, 1.54) is 0 Å². The highest BCUT2D eigenvalue weighted by Crippen LogP contribution is 2.41. The zero-order valence-corrected chi connectivity index (χ0v) is 9.96. The van der Waals surface area contributed by atoms with Gasteiger partial charge in [0, 0.05) is 16.5 Å². The lowest BCUT2D eigenvalue weighted by atomic mass is 10.0. The Hall–Kier alpha value is -0.780. The summed E-state index contributed by atoms with van der Waals surface area (Å²) in [5, 5.41) is 0. The molecular weight excluding hydrogens is 262 g/mol. The zero-order valence-electron chi connectivity index (χ0n) is 8.38. The largest absolute Gasteiger partial charge is 0.454 e. The van der Waals surface area contributed by atoms with E-state index in [9.17, 15) is 0 Å². The van der Waals surface area contributed by atoms with Crippen LogP contribution in [-0.4, -0.2) is 13.4 Å². The van der Waals surface area contributed by atoms with E-state index < -0.39 is 0 Å². The summed E-state index contributed by atoms with van der Waals surface area (Å²) in [7, 11) is 0. The molecule has 0 bridgehead atoms. The van der Waals surface area contributed by atoms with Crippen molar-refractivity contribution in [3.05, 3.63) is 21.7 Å². The number of nitrogens with two attached hydrogens (primary N) is 1. The van der Waals surface area contributed by atoms with E-state index in [0.717, 1.165) is 27.1 Å². The van der Waals surface area contributed by atoms with Crippen LogP contribution < -0.4 is 15.4 Å². The number of ether oxygens (including phenoxy) is 2. The summed E-state index contributed by atoms with van der Waals surface area (Å²) in [5.41, 5.74) is 2.22. The fourth-order valence-corrected chi connectivity index (χ4v) is 2.08. The van der Waals surface area contributed by atoms with Crippen molar-refractivity contribution in [1.29, 1.82) is 0 Å². The molecule has 0 spiro atoms. The number of halogens is 1. The molecule has 4 nitrogen and oxygen atoms in total. The average Bonchev–Trinajstić information content (AvgIpc) is 2.66. The van der Waals surface area contributed by atoms with E-state index in [4.69, 9.17) is 15.4 Å². The Balaban J connectivity index is 2.41. The molecule has 2 N–H and O–H groups in total. The molecule has 5 heteroatoms. The molecule has 82 valence electrons. The molecule has 0 saturated carbocycles. The summed E-state index contributed by atoms with van der Waals surface area (Å²) < 4.78 is 11.8. The van der Waals surface area contributed by atoms with E-state index >= 15 is 0 Å². The first kappa shape index (κ1) is 10.7. The van der Waals surface area contributed by atoms with Crippen LogP contribution in [0.15, 0.2) is 10.5 Å². The Kier molecular flexibility index (Phi) is 3.14. The van der Waals surface area contributed by atoms with Crippen molar-refractivity contribution in [1.82, 2.24) is 0 Å². The minimum absolute atomic E-state index is 0.279. The lowest BCUT2D eigenvalue weighted by molar-refractivity contribution is 0.139. The van der Waals surface area contributed by atoms with Crippen molar-refractivity contribution in [2.45, 2.75) is 13.3 Å². The van der Waals surface area contributed by atoms with Crippen LogP contribution in [0.3, 0.4) is 0 Å². The molecule has 0 amide bonds. The highest BCUT2D eigenvalue weighted by Gasteiger charge is 2.21. The van der Waals surface area contributed by atoms with Crippen LogP contribution in [0.4, 0.5) is 0 Å². The van der Waals surface area contributed by atoms with Crippen molar-refractivity contribution in [2.24, 2.45) is 5.90 Å². The number of benzene rings is 1. The highest BCUT2D eigenvalue weighted by molar-refractivity contribution is 9.10. The lowest BCUT2D eigenvalue weighted by Gasteiger charge is -2.10. The van der Waals surface area contributed by atoms with Gasteiger partial charge in [0.2, 0.25) is 6.79 Å². The normalized spacial score (nSPS) is 13.3. The van der Waals surface area contributed by atoms with Gasteiger partial charge in [-0.3, -0.25) is 0 Å². The second-order valence-corrected chi connectivity index (χ2v) is 4.17. The Morgan fingerprint density at radius 2 is 2.33 bits per heavy atom. The Labute approximate surface area is 96.4 Å². The fraction of sp³-hybridized carbons (Fsp3) is 0.400. The quantitative estimate of drug-likeness (QED) is 0.855. The van der Waals surface area contributed by atoms with Gasteiger partial charge < -0.3 is 14.3 Å². The molecule has 1 heterocycles. The molecule has 0 atom stereocenters. The van der Waals surface area contributed by atoms with Gasteiger partial charge >= 0.3 is 0 Å². The minimum atomic E-state index is 0.279. The summed E-state index contributed by atoms with van der Waals surface area (Å²) in [4.78, 5) is 4.59. The topological polar surface area (TPSA) is 53.7 Å².